The summed E-state index contributed by atoms with van der Waals surface area (Å²) in [7, 11) is -0.577. The predicted octanol–water partition coefficient (Wildman–Crippen LogP) is 2.81. The Kier molecular flexibility index (Phi) is 35.7. The average Bonchev–Trinajstić information content (AvgIpc) is 2.92. The van der Waals surface area contributed by atoms with Gasteiger partial charge >= 0.3 is 24.4 Å². The van der Waals surface area contributed by atoms with Gasteiger partial charge in [0.1, 0.15) is 29.1 Å². The Hall–Kier alpha value is -2.93. The Morgan fingerprint density at radius 2 is 0.839 bits per heavy atom. The van der Waals surface area contributed by atoms with Crippen molar-refractivity contribution in [1.29, 1.82) is 0 Å². The minimum Gasteiger partial charge on any atom is -0.444 e. The van der Waals surface area contributed by atoms with Crippen LogP contribution in [0.1, 0.15) is 83.1 Å². The first-order valence-electron chi connectivity index (χ1n) is 16.9. The summed E-state index contributed by atoms with van der Waals surface area (Å²) in [5, 5.41) is 26.1. The standard InChI is InChI=1S/C10H21NO6S.C9H19NO4.C6H13NO3.C6H13NO2.CH3ClO2S/c1-10(2,3)17-9(12)11-5-6-15-7-8-16-18(4,13)14;1-9(2,3)14-8(12)10-4-6-13-7-5-11;1-6(2,3)10-5(9)7-4-8;1-6(2,3)9-5(8)7-4;1-5(2,3)4/h5-8H2,1-4H3,(H,11,12);11H,4-7H2,1-3H3,(H,10,12);8H,4H2,1-3H3,(H,7,9);1-4H3,(H,7,8);1H3. The van der Waals surface area contributed by atoms with E-state index in [1.54, 1.807) is 62.3 Å². The smallest absolute Gasteiger partial charge is 0.409 e. The molecular formula is C32H69ClN4O17S2. The Labute approximate surface area is 338 Å². The number of rotatable bonds is 13. The molecule has 4 amide bonds. The number of halogens is 1. The van der Waals surface area contributed by atoms with Crippen molar-refractivity contribution in [2.75, 3.05) is 79.0 Å². The number of ether oxygens (including phenoxy) is 6. The number of aliphatic hydroxyl groups excluding tert-OH is 2. The van der Waals surface area contributed by atoms with Crippen molar-refractivity contribution in [1.82, 2.24) is 21.3 Å². The van der Waals surface area contributed by atoms with E-state index in [9.17, 15) is 36.0 Å². The molecule has 21 nitrogen and oxygen atoms in total. The molecule has 0 radical (unpaired) electrons. The molecule has 0 aromatic heterocycles. The van der Waals surface area contributed by atoms with Gasteiger partial charge in [0.2, 0.25) is 9.05 Å². The highest BCUT2D eigenvalue weighted by Gasteiger charge is 2.17. The van der Waals surface area contributed by atoms with Crippen LogP contribution in [0.15, 0.2) is 0 Å². The normalized spacial score (nSPS) is 11.4. The fourth-order valence-corrected chi connectivity index (χ4v) is 2.67. The zero-order valence-electron chi connectivity index (χ0n) is 35.6. The third-order valence-corrected chi connectivity index (χ3v) is 4.41. The van der Waals surface area contributed by atoms with Crippen molar-refractivity contribution in [3.63, 3.8) is 0 Å². The lowest BCUT2D eigenvalue weighted by Crippen LogP contribution is -2.34. The molecule has 0 spiro atoms. The lowest BCUT2D eigenvalue weighted by Gasteiger charge is -2.19. The molecule has 0 heterocycles. The summed E-state index contributed by atoms with van der Waals surface area (Å²) in [4.78, 5) is 43.3. The number of amides is 4. The van der Waals surface area contributed by atoms with Crippen molar-refractivity contribution in [3.8, 4) is 0 Å². The quantitative estimate of drug-likeness (QED) is 0.0510. The first-order chi connectivity index (χ1) is 25.0. The first kappa shape index (κ1) is 62.3. The summed E-state index contributed by atoms with van der Waals surface area (Å²) >= 11 is 0. The van der Waals surface area contributed by atoms with Crippen molar-refractivity contribution in [2.45, 2.75) is 105 Å². The second-order valence-corrected chi connectivity index (χ2v) is 19.3. The van der Waals surface area contributed by atoms with Crippen LogP contribution in [0, 0.1) is 0 Å². The number of carbonyl (C=O) groups is 4. The van der Waals surface area contributed by atoms with Gasteiger partial charge in [-0.2, -0.15) is 8.42 Å². The molecule has 0 fully saturated rings. The zero-order valence-corrected chi connectivity index (χ0v) is 38.0. The summed E-state index contributed by atoms with van der Waals surface area (Å²) in [6, 6.07) is 0. The maximum atomic E-state index is 11.2. The van der Waals surface area contributed by atoms with E-state index < -0.39 is 61.0 Å². The van der Waals surface area contributed by atoms with Crippen LogP contribution in [0.2, 0.25) is 0 Å². The molecule has 0 saturated heterocycles. The third kappa shape index (κ3) is 79.7. The Morgan fingerprint density at radius 1 is 0.536 bits per heavy atom. The minimum atomic E-state index is -3.42. The van der Waals surface area contributed by atoms with Gasteiger partial charge in [0.05, 0.1) is 52.2 Å². The van der Waals surface area contributed by atoms with Crippen molar-refractivity contribution < 1.29 is 78.8 Å². The van der Waals surface area contributed by atoms with Gasteiger partial charge < -0.3 is 54.6 Å². The molecule has 0 atom stereocenters. The fraction of sp³-hybridized carbons (Fsp3) is 0.875. The molecule has 0 bridgehead atoms. The maximum Gasteiger partial charge on any atom is 0.409 e. The molecule has 0 aromatic rings. The van der Waals surface area contributed by atoms with Crippen molar-refractivity contribution in [2.24, 2.45) is 0 Å². The van der Waals surface area contributed by atoms with E-state index in [0.717, 1.165) is 12.5 Å². The molecule has 0 saturated carbocycles. The lowest BCUT2D eigenvalue weighted by molar-refractivity contribution is 0.0466. The van der Waals surface area contributed by atoms with E-state index in [0.29, 0.717) is 13.2 Å². The molecule has 0 aliphatic rings. The topological polar surface area (TPSA) is 290 Å². The van der Waals surface area contributed by atoms with E-state index in [1.807, 2.05) is 20.8 Å². The Balaban J connectivity index is -0.000000204. The molecule has 338 valence electrons. The summed E-state index contributed by atoms with van der Waals surface area (Å²) in [6.45, 7) is 22.7. The van der Waals surface area contributed by atoms with Crippen LogP contribution in [0.25, 0.3) is 0 Å². The van der Waals surface area contributed by atoms with Gasteiger partial charge in [-0.1, -0.05) is 0 Å². The van der Waals surface area contributed by atoms with Gasteiger partial charge in [-0.25, -0.2) is 27.6 Å². The fourth-order valence-electron chi connectivity index (χ4n) is 2.30. The molecule has 0 unspecified atom stereocenters. The second-order valence-electron chi connectivity index (χ2n) is 14.6. The van der Waals surface area contributed by atoms with Crippen molar-refractivity contribution >= 4 is 54.2 Å². The highest BCUT2D eigenvalue weighted by Crippen LogP contribution is 2.08. The monoisotopic (exact) mass is 880 g/mol. The van der Waals surface area contributed by atoms with Gasteiger partial charge in [-0.15, -0.1) is 0 Å². The van der Waals surface area contributed by atoms with E-state index >= 15 is 0 Å². The van der Waals surface area contributed by atoms with E-state index in [4.69, 9.17) is 38.6 Å². The molecule has 56 heavy (non-hydrogen) atoms. The Morgan fingerprint density at radius 3 is 1.09 bits per heavy atom. The number of alkyl carbamates (subject to hydrolysis) is 4. The zero-order chi connectivity index (χ0) is 45.5. The van der Waals surface area contributed by atoms with Crippen LogP contribution in [0.3, 0.4) is 0 Å². The van der Waals surface area contributed by atoms with Crippen LogP contribution < -0.4 is 21.3 Å². The predicted molar refractivity (Wildman–Crippen MR) is 210 cm³/mol. The highest BCUT2D eigenvalue weighted by atomic mass is 35.7. The van der Waals surface area contributed by atoms with Crippen molar-refractivity contribution in [3.05, 3.63) is 0 Å². The SMILES string of the molecule is CC(C)(C)OC(=O)NCCOCCO.CC(C)(C)OC(=O)NCCOCCOS(C)(=O)=O.CC(C)(C)OC(=O)NCO.CNC(=O)OC(C)(C)C.CS(=O)(=O)Cl. The van der Waals surface area contributed by atoms with Gasteiger partial charge in [0.15, 0.2) is 0 Å². The summed E-state index contributed by atoms with van der Waals surface area (Å²) in [5.41, 5.74) is -1.90. The van der Waals surface area contributed by atoms with Gasteiger partial charge in [-0.05, 0) is 83.1 Å². The van der Waals surface area contributed by atoms with Gasteiger partial charge in [0.25, 0.3) is 10.1 Å². The lowest BCUT2D eigenvalue weighted by atomic mass is 10.2. The molecule has 0 aliphatic carbocycles. The van der Waals surface area contributed by atoms with Gasteiger partial charge in [-0.3, -0.25) is 9.50 Å². The maximum absolute atomic E-state index is 11.2. The first-order valence-corrected chi connectivity index (χ1v) is 21.4. The number of nitrogens with one attached hydrogen (secondary N) is 4. The number of aliphatic hydroxyl groups is 2. The average molecular weight is 882 g/mol. The number of hydrogen-bond acceptors (Lipinski definition) is 17. The summed E-state index contributed by atoms with van der Waals surface area (Å²) in [6.07, 6.45) is -0.0629. The minimum absolute atomic E-state index is 0.00750. The van der Waals surface area contributed by atoms with E-state index in [2.05, 4.69) is 36.1 Å². The molecule has 0 aliphatic heterocycles. The van der Waals surface area contributed by atoms with Crippen LogP contribution in [-0.4, -0.2) is 153 Å². The number of carbonyl (C=O) groups excluding carboxylic acids is 4. The molecule has 24 heteroatoms. The number of hydrogen-bond donors (Lipinski definition) is 6. The summed E-state index contributed by atoms with van der Waals surface area (Å²) < 4.78 is 74.0. The second kappa shape index (κ2) is 32.1. The molecular weight excluding hydrogens is 812 g/mol. The molecule has 6 N–H and O–H groups in total. The van der Waals surface area contributed by atoms with Gasteiger partial charge in [0, 0.05) is 30.8 Å². The van der Waals surface area contributed by atoms with Crippen LogP contribution >= 0.6 is 10.7 Å². The van der Waals surface area contributed by atoms with E-state index in [-0.39, 0.29) is 51.3 Å². The highest BCUT2D eigenvalue weighted by molar-refractivity contribution is 8.13. The van der Waals surface area contributed by atoms with E-state index in [1.165, 1.54) is 7.05 Å². The third-order valence-electron chi connectivity index (χ3n) is 3.82. The summed E-state index contributed by atoms with van der Waals surface area (Å²) in [5.74, 6) is 0. The molecule has 0 aromatic carbocycles. The van der Waals surface area contributed by atoms with Crippen LogP contribution in [0.4, 0.5) is 19.2 Å². The van der Waals surface area contributed by atoms with Crippen LogP contribution in [-0.2, 0) is 51.8 Å². The Bertz CT molecular complexity index is 1270. The van der Waals surface area contributed by atoms with Crippen LogP contribution in [0.5, 0.6) is 0 Å². The molecule has 0 rings (SSSR count). The largest absolute Gasteiger partial charge is 0.444 e.